The average Bonchev–Trinajstić information content (AvgIpc) is 2.95. The van der Waals surface area contributed by atoms with Crippen LogP contribution in [0, 0.1) is 6.92 Å². The van der Waals surface area contributed by atoms with Gasteiger partial charge in [0.05, 0.1) is 13.2 Å². The zero-order valence-electron chi connectivity index (χ0n) is 21.9. The summed E-state index contributed by atoms with van der Waals surface area (Å²) in [6.07, 6.45) is 2.29. The number of nitrogens with zero attached hydrogens (tertiary/aromatic N) is 1. The van der Waals surface area contributed by atoms with Crippen molar-refractivity contribution in [3.8, 4) is 11.1 Å². The van der Waals surface area contributed by atoms with Gasteiger partial charge in [-0.2, -0.15) is 11.8 Å². The number of rotatable bonds is 11. The molecule has 1 atom stereocenters. The number of carbonyl (C=O) groups excluding carboxylic acids is 1. The molecule has 0 spiro atoms. The Kier molecular flexibility index (Phi) is 9.67. The van der Waals surface area contributed by atoms with Crippen molar-refractivity contribution in [2.45, 2.75) is 25.9 Å². The smallest absolute Gasteiger partial charge is 0.326 e. The number of carboxylic acids is 1. The SMILES string of the molecule is CSCC[C@H](NC(=O)c1ccc(CNc2ccc(N3CCOCC3)cc2)cc1-c1ccccc1C)C(=O)O. The molecule has 0 unspecified atom stereocenters. The first kappa shape index (κ1) is 27.5. The summed E-state index contributed by atoms with van der Waals surface area (Å²) in [5.74, 6) is -0.750. The Morgan fingerprint density at radius 1 is 1.03 bits per heavy atom. The predicted molar refractivity (Wildman–Crippen MR) is 155 cm³/mol. The first-order valence-corrected chi connectivity index (χ1v) is 14.2. The lowest BCUT2D eigenvalue weighted by molar-refractivity contribution is -0.139. The van der Waals surface area contributed by atoms with Gasteiger partial charge in [-0.3, -0.25) is 4.79 Å². The number of hydrogen-bond donors (Lipinski definition) is 3. The fourth-order valence-corrected chi connectivity index (χ4v) is 5.01. The number of anilines is 2. The van der Waals surface area contributed by atoms with Gasteiger partial charge in [-0.25, -0.2) is 4.79 Å². The van der Waals surface area contributed by atoms with E-state index in [9.17, 15) is 14.7 Å². The van der Waals surface area contributed by atoms with E-state index in [0.717, 1.165) is 54.2 Å². The van der Waals surface area contributed by atoms with Crippen LogP contribution in [0.25, 0.3) is 11.1 Å². The largest absolute Gasteiger partial charge is 0.480 e. The average molecular weight is 534 g/mol. The summed E-state index contributed by atoms with van der Waals surface area (Å²) in [4.78, 5) is 27.3. The fourth-order valence-electron chi connectivity index (χ4n) is 4.54. The topological polar surface area (TPSA) is 90.9 Å². The highest BCUT2D eigenvalue weighted by Crippen LogP contribution is 2.29. The minimum Gasteiger partial charge on any atom is -0.480 e. The molecular weight excluding hydrogens is 498 g/mol. The third-order valence-electron chi connectivity index (χ3n) is 6.72. The molecule has 0 bridgehead atoms. The maximum absolute atomic E-state index is 13.3. The molecule has 1 aliphatic rings. The molecule has 8 heteroatoms. The van der Waals surface area contributed by atoms with Gasteiger partial charge in [-0.05, 0) is 84.0 Å². The van der Waals surface area contributed by atoms with E-state index in [0.29, 0.717) is 24.3 Å². The molecule has 1 saturated heterocycles. The standard InChI is InChI=1S/C30H35N3O4S/c1-21-5-3-4-6-25(21)27-19-22(7-12-26(27)29(34)32-28(30(35)36)13-18-38-2)20-31-23-8-10-24(11-9-23)33-14-16-37-17-15-33/h3-12,19,28,31H,13-18,20H2,1-2H3,(H,32,34)(H,35,36)/t28-/m0/s1. The van der Waals surface area contributed by atoms with Crippen LogP contribution in [0.3, 0.4) is 0 Å². The quantitative estimate of drug-likeness (QED) is 0.318. The van der Waals surface area contributed by atoms with Crippen molar-refractivity contribution in [3.05, 3.63) is 83.4 Å². The Morgan fingerprint density at radius 3 is 2.45 bits per heavy atom. The number of benzene rings is 3. The van der Waals surface area contributed by atoms with Crippen LogP contribution >= 0.6 is 11.8 Å². The van der Waals surface area contributed by atoms with Gasteiger partial charge in [-0.1, -0.05) is 30.3 Å². The maximum Gasteiger partial charge on any atom is 0.326 e. The normalized spacial score (nSPS) is 14.1. The van der Waals surface area contributed by atoms with Gasteiger partial charge < -0.3 is 25.4 Å². The van der Waals surface area contributed by atoms with Crippen LogP contribution in [-0.4, -0.2) is 61.3 Å². The van der Waals surface area contributed by atoms with Gasteiger partial charge in [-0.15, -0.1) is 0 Å². The molecule has 3 aromatic carbocycles. The van der Waals surface area contributed by atoms with E-state index in [1.807, 2.05) is 49.6 Å². The number of thioether (sulfide) groups is 1. The predicted octanol–water partition coefficient (Wildman–Crippen LogP) is 5.05. The van der Waals surface area contributed by atoms with Crippen molar-refractivity contribution in [2.24, 2.45) is 0 Å². The van der Waals surface area contributed by atoms with Crippen molar-refractivity contribution in [3.63, 3.8) is 0 Å². The van der Waals surface area contributed by atoms with Crippen LogP contribution in [0.4, 0.5) is 11.4 Å². The van der Waals surface area contributed by atoms with E-state index in [1.54, 1.807) is 17.8 Å². The Labute approximate surface area is 228 Å². The third kappa shape index (κ3) is 7.08. The van der Waals surface area contributed by atoms with Gasteiger partial charge in [0.1, 0.15) is 6.04 Å². The first-order chi connectivity index (χ1) is 18.5. The molecule has 7 nitrogen and oxygen atoms in total. The number of nitrogens with one attached hydrogen (secondary N) is 2. The zero-order valence-corrected chi connectivity index (χ0v) is 22.7. The molecule has 38 heavy (non-hydrogen) atoms. The summed E-state index contributed by atoms with van der Waals surface area (Å²) in [7, 11) is 0. The van der Waals surface area contributed by atoms with E-state index >= 15 is 0 Å². The lowest BCUT2D eigenvalue weighted by atomic mass is 9.93. The van der Waals surface area contributed by atoms with Crippen LogP contribution in [0.1, 0.15) is 27.9 Å². The molecule has 0 aromatic heterocycles. The van der Waals surface area contributed by atoms with Gasteiger partial charge in [0.2, 0.25) is 0 Å². The number of morpholine rings is 1. The number of amides is 1. The molecule has 1 aliphatic heterocycles. The summed E-state index contributed by atoms with van der Waals surface area (Å²) in [6, 6.07) is 21.1. The van der Waals surface area contributed by atoms with Crippen molar-refractivity contribution in [2.75, 3.05) is 48.5 Å². The van der Waals surface area contributed by atoms with Crippen LogP contribution in [0.2, 0.25) is 0 Å². The molecule has 0 aliphatic carbocycles. The monoisotopic (exact) mass is 533 g/mol. The van der Waals surface area contributed by atoms with E-state index in [4.69, 9.17) is 4.74 Å². The molecule has 4 rings (SSSR count). The van der Waals surface area contributed by atoms with Crippen LogP contribution in [0.15, 0.2) is 66.7 Å². The van der Waals surface area contributed by atoms with Crippen molar-refractivity contribution in [1.29, 1.82) is 0 Å². The Bertz CT molecular complexity index is 1240. The van der Waals surface area contributed by atoms with Gasteiger partial charge in [0.25, 0.3) is 5.91 Å². The van der Waals surface area contributed by atoms with Gasteiger partial charge in [0.15, 0.2) is 0 Å². The highest BCUT2D eigenvalue weighted by molar-refractivity contribution is 7.98. The molecule has 200 valence electrons. The highest BCUT2D eigenvalue weighted by Gasteiger charge is 2.22. The van der Waals surface area contributed by atoms with Crippen LogP contribution in [0.5, 0.6) is 0 Å². The number of aryl methyl sites for hydroxylation is 1. The Hall–Kier alpha value is -3.49. The molecule has 0 saturated carbocycles. The third-order valence-corrected chi connectivity index (χ3v) is 7.36. The number of hydrogen-bond acceptors (Lipinski definition) is 6. The molecule has 3 aromatic rings. The first-order valence-electron chi connectivity index (χ1n) is 12.8. The second kappa shape index (κ2) is 13.3. The second-order valence-electron chi connectivity index (χ2n) is 9.34. The van der Waals surface area contributed by atoms with E-state index in [-0.39, 0.29) is 5.91 Å². The summed E-state index contributed by atoms with van der Waals surface area (Å²) in [6.45, 7) is 5.91. The van der Waals surface area contributed by atoms with E-state index < -0.39 is 12.0 Å². The summed E-state index contributed by atoms with van der Waals surface area (Å²) < 4.78 is 5.44. The molecule has 3 N–H and O–H groups in total. The van der Waals surface area contributed by atoms with Crippen LogP contribution < -0.4 is 15.5 Å². The number of aliphatic carboxylic acids is 1. The molecule has 1 fully saturated rings. The lowest BCUT2D eigenvalue weighted by Gasteiger charge is -2.29. The minimum atomic E-state index is -1.02. The molecule has 1 heterocycles. The minimum absolute atomic E-state index is 0.369. The Balaban J connectivity index is 1.53. The summed E-state index contributed by atoms with van der Waals surface area (Å²) in [5.41, 5.74) is 6.47. The van der Waals surface area contributed by atoms with Crippen molar-refractivity contribution < 1.29 is 19.4 Å². The van der Waals surface area contributed by atoms with Gasteiger partial charge >= 0.3 is 5.97 Å². The molecule has 1 amide bonds. The number of carboxylic acid groups (broad SMARTS) is 1. The van der Waals surface area contributed by atoms with Crippen LogP contribution in [-0.2, 0) is 16.1 Å². The summed E-state index contributed by atoms with van der Waals surface area (Å²) in [5, 5.41) is 15.8. The number of ether oxygens (including phenoxy) is 1. The summed E-state index contributed by atoms with van der Waals surface area (Å²) >= 11 is 1.56. The van der Waals surface area contributed by atoms with Gasteiger partial charge in [0, 0.05) is 36.6 Å². The fraction of sp³-hybridized carbons (Fsp3) is 0.333. The molecule has 0 radical (unpaired) electrons. The molecular formula is C30H35N3O4S. The second-order valence-corrected chi connectivity index (χ2v) is 10.3. The van der Waals surface area contributed by atoms with E-state index in [1.165, 1.54) is 5.69 Å². The highest BCUT2D eigenvalue weighted by atomic mass is 32.2. The maximum atomic E-state index is 13.3. The Morgan fingerprint density at radius 2 is 1.76 bits per heavy atom. The van der Waals surface area contributed by atoms with Crippen molar-refractivity contribution >= 4 is 35.0 Å². The lowest BCUT2D eigenvalue weighted by Crippen LogP contribution is -2.41. The number of carbonyl (C=O) groups is 2. The zero-order chi connectivity index (χ0) is 26.9. The van der Waals surface area contributed by atoms with E-state index in [2.05, 4.69) is 39.8 Å². The van der Waals surface area contributed by atoms with Crippen molar-refractivity contribution in [1.82, 2.24) is 5.32 Å².